The van der Waals surface area contributed by atoms with E-state index in [-0.39, 0.29) is 29.9 Å². The van der Waals surface area contributed by atoms with Gasteiger partial charge in [0.2, 0.25) is 0 Å². The molecule has 32 heavy (non-hydrogen) atoms. The lowest BCUT2D eigenvalue weighted by Crippen LogP contribution is -2.54. The molecule has 6 nitrogen and oxygen atoms in total. The molecule has 1 atom stereocenters. The van der Waals surface area contributed by atoms with Crippen LogP contribution in [0.25, 0.3) is 0 Å². The zero-order chi connectivity index (χ0) is 21.8. The van der Waals surface area contributed by atoms with Crippen molar-refractivity contribution in [1.29, 1.82) is 0 Å². The Kier molecular flexibility index (Phi) is 8.45. The number of carbonyl (C=O) groups excluding carboxylic acids is 2. The van der Waals surface area contributed by atoms with Crippen molar-refractivity contribution in [1.82, 2.24) is 10.2 Å². The zero-order valence-electron chi connectivity index (χ0n) is 19.5. The Labute approximate surface area is 198 Å². The number of rotatable bonds is 6. The van der Waals surface area contributed by atoms with Crippen molar-refractivity contribution >= 4 is 30.1 Å². The largest absolute Gasteiger partial charge is 0.469 e. The molecule has 178 valence electrons. The number of ether oxygens (including phenoxy) is 1. The van der Waals surface area contributed by atoms with Crippen LogP contribution >= 0.6 is 12.4 Å². The second kappa shape index (κ2) is 10.9. The lowest BCUT2D eigenvalue weighted by Gasteiger charge is -2.45. The summed E-state index contributed by atoms with van der Waals surface area (Å²) in [7, 11) is 1.44. The van der Waals surface area contributed by atoms with Crippen LogP contribution in [0.1, 0.15) is 63.0 Å². The summed E-state index contributed by atoms with van der Waals surface area (Å²) in [4.78, 5) is 29.7. The number of urea groups is 1. The van der Waals surface area contributed by atoms with Gasteiger partial charge in [0.15, 0.2) is 0 Å². The maximum absolute atomic E-state index is 13.2. The average Bonchev–Trinajstić information content (AvgIpc) is 3.01. The third-order valence-corrected chi connectivity index (χ3v) is 7.84. The first kappa shape index (κ1) is 24.8. The van der Waals surface area contributed by atoms with Gasteiger partial charge < -0.3 is 15.0 Å². The molecule has 1 aromatic carbocycles. The van der Waals surface area contributed by atoms with Gasteiger partial charge in [-0.25, -0.2) is 4.79 Å². The summed E-state index contributed by atoms with van der Waals surface area (Å²) in [6, 6.07) is 6.57. The molecular formula is C25H38ClN3O3. The van der Waals surface area contributed by atoms with E-state index in [4.69, 9.17) is 4.74 Å². The lowest BCUT2D eigenvalue weighted by molar-refractivity contribution is -0.141. The summed E-state index contributed by atoms with van der Waals surface area (Å²) in [5.74, 6) is 0.204. The maximum atomic E-state index is 13.2. The molecule has 7 heteroatoms. The van der Waals surface area contributed by atoms with Gasteiger partial charge in [0.05, 0.1) is 12.6 Å². The van der Waals surface area contributed by atoms with E-state index in [1.165, 1.54) is 37.5 Å². The van der Waals surface area contributed by atoms with E-state index >= 15 is 0 Å². The van der Waals surface area contributed by atoms with E-state index < -0.39 is 0 Å². The predicted molar refractivity (Wildman–Crippen MR) is 130 cm³/mol. The Morgan fingerprint density at radius 1 is 1.16 bits per heavy atom. The van der Waals surface area contributed by atoms with Crippen LogP contribution < -0.4 is 10.2 Å². The molecule has 0 aromatic heterocycles. The highest BCUT2D eigenvalue weighted by atomic mass is 35.5. The number of nitrogens with one attached hydrogen (secondary N) is 1. The number of methoxy groups -OCH3 is 1. The number of esters is 1. The molecule has 2 aliphatic heterocycles. The number of halogens is 1. The van der Waals surface area contributed by atoms with Gasteiger partial charge in [-0.3, -0.25) is 9.69 Å². The molecule has 2 fully saturated rings. The summed E-state index contributed by atoms with van der Waals surface area (Å²) >= 11 is 0. The highest BCUT2D eigenvalue weighted by Crippen LogP contribution is 2.44. The SMILES string of the molecule is CCN1CCc2ccc(N3C(=O)NCC3(CCC(=O)OC)C3CCCCC3)cc2CC1.Cl. The van der Waals surface area contributed by atoms with E-state index in [0.29, 0.717) is 25.3 Å². The van der Waals surface area contributed by atoms with Gasteiger partial charge in [0, 0.05) is 31.7 Å². The third kappa shape index (κ3) is 4.91. The van der Waals surface area contributed by atoms with Crippen LogP contribution in [0, 0.1) is 5.92 Å². The Bertz CT molecular complexity index is 812. The number of carbonyl (C=O) groups is 2. The van der Waals surface area contributed by atoms with Crippen LogP contribution in [0.3, 0.4) is 0 Å². The highest BCUT2D eigenvalue weighted by molar-refractivity contribution is 5.96. The number of benzene rings is 1. The van der Waals surface area contributed by atoms with Crippen LogP contribution in [0.4, 0.5) is 10.5 Å². The van der Waals surface area contributed by atoms with Gasteiger partial charge in [-0.15, -0.1) is 12.4 Å². The Morgan fingerprint density at radius 3 is 2.56 bits per heavy atom. The summed E-state index contributed by atoms with van der Waals surface area (Å²) in [5, 5.41) is 3.13. The van der Waals surface area contributed by atoms with Crippen molar-refractivity contribution in [3.63, 3.8) is 0 Å². The van der Waals surface area contributed by atoms with Crippen molar-refractivity contribution in [2.75, 3.05) is 38.2 Å². The Morgan fingerprint density at radius 2 is 1.88 bits per heavy atom. The summed E-state index contributed by atoms with van der Waals surface area (Å²) in [5.41, 5.74) is 3.38. The molecule has 1 N–H and O–H groups in total. The number of hydrogen-bond donors (Lipinski definition) is 1. The van der Waals surface area contributed by atoms with Gasteiger partial charge in [-0.2, -0.15) is 0 Å². The smallest absolute Gasteiger partial charge is 0.322 e. The average molecular weight is 464 g/mol. The van der Waals surface area contributed by atoms with Crippen molar-refractivity contribution in [2.45, 2.75) is 70.3 Å². The van der Waals surface area contributed by atoms with Gasteiger partial charge >= 0.3 is 12.0 Å². The van der Waals surface area contributed by atoms with Crippen LogP contribution in [0.2, 0.25) is 0 Å². The molecule has 1 saturated carbocycles. The molecule has 1 aromatic rings. The molecule has 4 rings (SSSR count). The van der Waals surface area contributed by atoms with E-state index in [9.17, 15) is 9.59 Å². The number of amides is 2. The van der Waals surface area contributed by atoms with Gasteiger partial charge in [-0.05, 0) is 67.8 Å². The molecule has 1 saturated heterocycles. The van der Waals surface area contributed by atoms with Crippen LogP contribution in [0.5, 0.6) is 0 Å². The first-order valence-corrected chi connectivity index (χ1v) is 12.1. The zero-order valence-corrected chi connectivity index (χ0v) is 20.3. The fourth-order valence-electron chi connectivity index (χ4n) is 5.97. The predicted octanol–water partition coefficient (Wildman–Crippen LogP) is 4.33. The molecule has 0 radical (unpaired) electrons. The van der Waals surface area contributed by atoms with Crippen molar-refractivity contribution in [2.24, 2.45) is 5.92 Å². The number of likely N-dealkylation sites (N-methyl/N-ethyl adjacent to an activating group) is 1. The molecule has 1 unspecified atom stereocenters. The van der Waals surface area contributed by atoms with Crippen LogP contribution in [-0.4, -0.2) is 55.7 Å². The molecule has 1 aliphatic carbocycles. The third-order valence-electron chi connectivity index (χ3n) is 7.84. The fraction of sp³-hybridized carbons (Fsp3) is 0.680. The second-order valence-corrected chi connectivity index (χ2v) is 9.40. The summed E-state index contributed by atoms with van der Waals surface area (Å²) < 4.78 is 4.95. The fourth-order valence-corrected chi connectivity index (χ4v) is 5.97. The molecule has 2 heterocycles. The van der Waals surface area contributed by atoms with Crippen molar-refractivity contribution < 1.29 is 14.3 Å². The topological polar surface area (TPSA) is 61.9 Å². The van der Waals surface area contributed by atoms with E-state index in [2.05, 4.69) is 35.3 Å². The standard InChI is InChI=1S/C25H37N3O3.ClH/c1-3-27-15-12-19-9-10-22(17-20(19)13-16-27)28-24(30)26-18-25(28,14-11-23(29)31-2)21-7-5-4-6-8-21;/h9-10,17,21H,3-8,11-16,18H2,1-2H3,(H,26,30);1H. The van der Waals surface area contributed by atoms with Crippen LogP contribution in [0.15, 0.2) is 18.2 Å². The number of nitrogens with zero attached hydrogens (tertiary/aromatic N) is 2. The molecule has 2 amide bonds. The first-order chi connectivity index (χ1) is 15.1. The normalized spacial score (nSPS) is 24.3. The molecule has 0 bridgehead atoms. The second-order valence-electron chi connectivity index (χ2n) is 9.40. The van der Waals surface area contributed by atoms with Crippen LogP contribution in [-0.2, 0) is 22.4 Å². The van der Waals surface area contributed by atoms with E-state index in [0.717, 1.165) is 51.0 Å². The Balaban J connectivity index is 0.00000289. The van der Waals surface area contributed by atoms with Gasteiger partial charge in [0.25, 0.3) is 0 Å². The van der Waals surface area contributed by atoms with E-state index in [1.807, 2.05) is 4.90 Å². The Hall–Kier alpha value is -1.79. The molecular weight excluding hydrogens is 426 g/mol. The van der Waals surface area contributed by atoms with Gasteiger partial charge in [-0.1, -0.05) is 32.3 Å². The van der Waals surface area contributed by atoms with E-state index in [1.54, 1.807) is 0 Å². The minimum absolute atomic E-state index is 0. The number of fused-ring (bicyclic) bond motifs is 1. The highest BCUT2D eigenvalue weighted by Gasteiger charge is 2.51. The van der Waals surface area contributed by atoms with Gasteiger partial charge in [0.1, 0.15) is 0 Å². The minimum Gasteiger partial charge on any atom is -0.469 e. The molecule has 3 aliphatic rings. The minimum atomic E-state index is -0.361. The monoisotopic (exact) mass is 463 g/mol. The molecule has 0 spiro atoms. The first-order valence-electron chi connectivity index (χ1n) is 12.1. The number of anilines is 1. The summed E-state index contributed by atoms with van der Waals surface area (Å²) in [6.45, 7) is 6.06. The van der Waals surface area contributed by atoms with Crippen molar-refractivity contribution in [3.05, 3.63) is 29.3 Å². The lowest BCUT2D eigenvalue weighted by atomic mass is 9.71. The van der Waals surface area contributed by atoms with Crippen molar-refractivity contribution in [3.8, 4) is 0 Å². The quantitative estimate of drug-likeness (QED) is 0.638. The summed E-state index contributed by atoms with van der Waals surface area (Å²) in [6.07, 6.45) is 8.95. The maximum Gasteiger partial charge on any atom is 0.322 e. The number of hydrogen-bond acceptors (Lipinski definition) is 4.